The molecule has 0 radical (unpaired) electrons. The van der Waals surface area contributed by atoms with E-state index in [1.807, 2.05) is 17.0 Å². The third-order valence-corrected chi connectivity index (χ3v) is 5.88. The Hall–Kier alpha value is -4.45. The molecule has 0 saturated carbocycles. The molecule has 0 amide bonds. The van der Waals surface area contributed by atoms with Gasteiger partial charge in [-0.25, -0.2) is 14.2 Å². The van der Waals surface area contributed by atoms with Crippen molar-refractivity contribution >= 4 is 22.8 Å². The third kappa shape index (κ3) is 3.69. The average molecular weight is 458 g/mol. The zero-order valence-corrected chi connectivity index (χ0v) is 18.2. The van der Waals surface area contributed by atoms with Crippen LogP contribution in [0.1, 0.15) is 22.5 Å². The lowest BCUT2D eigenvalue weighted by atomic mass is 10.0. The van der Waals surface area contributed by atoms with Gasteiger partial charge < -0.3 is 19.2 Å². The molecule has 1 N–H and O–H groups in total. The van der Waals surface area contributed by atoms with E-state index in [4.69, 9.17) is 9.15 Å². The van der Waals surface area contributed by atoms with Crippen molar-refractivity contribution in [3.63, 3.8) is 0 Å². The number of alkyl halides is 1. The molecule has 34 heavy (non-hydrogen) atoms. The topological polar surface area (TPSA) is 112 Å². The molecule has 1 atom stereocenters. The SMILES string of the molecule is COc1cc(C(=O)O)ncc1-c1cc2nccc(-c3ccc(N4CCC(F)C4)c(C#N)c3)c2o1. The highest BCUT2D eigenvalue weighted by Gasteiger charge is 2.24. The number of carboxylic acid groups (broad SMARTS) is 1. The van der Waals surface area contributed by atoms with Gasteiger partial charge in [0.1, 0.15) is 29.3 Å². The number of hydrogen-bond acceptors (Lipinski definition) is 7. The van der Waals surface area contributed by atoms with Crippen molar-refractivity contribution in [1.82, 2.24) is 9.97 Å². The molecule has 1 aromatic carbocycles. The van der Waals surface area contributed by atoms with Crippen molar-refractivity contribution < 1.29 is 23.4 Å². The molecule has 4 heterocycles. The Kier molecular flexibility index (Phi) is 5.34. The standard InChI is InChI=1S/C25H19FN4O4/c1-33-22-10-20(25(31)32)29-12-18(22)23-9-19-24(34-23)17(4-6-28-19)14-2-3-21(15(8-14)11-27)30-7-5-16(26)13-30/h2-4,6,8-10,12,16H,5,7,13H2,1H3,(H,31,32). The molecule has 1 aliphatic rings. The fraction of sp³-hybridized carbons (Fsp3) is 0.200. The van der Waals surface area contributed by atoms with Crippen LogP contribution < -0.4 is 9.64 Å². The number of nitrogens with zero attached hydrogens (tertiary/aromatic N) is 4. The van der Waals surface area contributed by atoms with Crippen molar-refractivity contribution in [3.05, 3.63) is 60.0 Å². The fourth-order valence-electron chi connectivity index (χ4n) is 4.21. The minimum Gasteiger partial charge on any atom is -0.496 e. The fourth-order valence-corrected chi connectivity index (χ4v) is 4.21. The Morgan fingerprint density at radius 2 is 2.12 bits per heavy atom. The molecule has 5 rings (SSSR count). The Labute approximate surface area is 193 Å². The molecule has 170 valence electrons. The number of carboxylic acids is 1. The maximum absolute atomic E-state index is 13.7. The summed E-state index contributed by atoms with van der Waals surface area (Å²) in [7, 11) is 1.44. The Morgan fingerprint density at radius 3 is 2.82 bits per heavy atom. The summed E-state index contributed by atoms with van der Waals surface area (Å²) >= 11 is 0. The van der Waals surface area contributed by atoms with Gasteiger partial charge in [-0.2, -0.15) is 5.26 Å². The van der Waals surface area contributed by atoms with Gasteiger partial charge in [-0.05, 0) is 30.2 Å². The van der Waals surface area contributed by atoms with Gasteiger partial charge >= 0.3 is 5.97 Å². The summed E-state index contributed by atoms with van der Waals surface area (Å²) in [4.78, 5) is 21.5. The highest BCUT2D eigenvalue weighted by Crippen LogP contribution is 2.38. The molecule has 1 unspecified atom stereocenters. The second-order valence-electron chi connectivity index (χ2n) is 7.93. The van der Waals surface area contributed by atoms with Gasteiger partial charge in [0.05, 0.1) is 23.9 Å². The molecule has 3 aromatic heterocycles. The quantitative estimate of drug-likeness (QED) is 0.459. The average Bonchev–Trinajstić information content (AvgIpc) is 3.49. The molecule has 1 saturated heterocycles. The van der Waals surface area contributed by atoms with Crippen molar-refractivity contribution in [2.45, 2.75) is 12.6 Å². The molecule has 8 nitrogen and oxygen atoms in total. The number of fused-ring (bicyclic) bond motifs is 1. The van der Waals surface area contributed by atoms with Crippen LogP contribution in [0.25, 0.3) is 33.6 Å². The zero-order valence-electron chi connectivity index (χ0n) is 18.2. The predicted octanol–water partition coefficient (Wildman–Crippen LogP) is 4.68. The van der Waals surface area contributed by atoms with Gasteiger partial charge in [0.2, 0.25) is 0 Å². The molecule has 1 aliphatic heterocycles. The number of benzene rings is 1. The summed E-state index contributed by atoms with van der Waals surface area (Å²) in [6, 6.07) is 12.5. The van der Waals surface area contributed by atoms with Crippen LogP contribution in [0.5, 0.6) is 5.75 Å². The number of anilines is 1. The van der Waals surface area contributed by atoms with E-state index in [0.717, 1.165) is 11.1 Å². The van der Waals surface area contributed by atoms with E-state index in [-0.39, 0.29) is 12.2 Å². The first-order valence-electron chi connectivity index (χ1n) is 10.6. The molecule has 9 heteroatoms. The van der Waals surface area contributed by atoms with E-state index in [9.17, 15) is 19.6 Å². The maximum atomic E-state index is 13.7. The van der Waals surface area contributed by atoms with Crippen molar-refractivity contribution in [2.24, 2.45) is 0 Å². The van der Waals surface area contributed by atoms with Crippen LogP contribution in [0.3, 0.4) is 0 Å². The van der Waals surface area contributed by atoms with Crippen LogP contribution in [0.4, 0.5) is 10.1 Å². The minimum absolute atomic E-state index is 0.142. The van der Waals surface area contributed by atoms with Crippen LogP contribution in [-0.2, 0) is 0 Å². The highest BCUT2D eigenvalue weighted by molar-refractivity contribution is 5.94. The third-order valence-electron chi connectivity index (χ3n) is 5.88. The van der Waals surface area contributed by atoms with Crippen LogP contribution in [0.15, 0.2) is 53.2 Å². The first-order chi connectivity index (χ1) is 16.5. The number of methoxy groups -OCH3 is 1. The second kappa shape index (κ2) is 8.48. The molecule has 0 aliphatic carbocycles. The van der Waals surface area contributed by atoms with E-state index < -0.39 is 12.1 Å². The summed E-state index contributed by atoms with van der Waals surface area (Å²) in [6.07, 6.45) is 2.60. The first-order valence-corrected chi connectivity index (χ1v) is 10.6. The summed E-state index contributed by atoms with van der Waals surface area (Å²) in [5, 5.41) is 18.9. The lowest BCUT2D eigenvalue weighted by molar-refractivity contribution is 0.0690. The van der Waals surface area contributed by atoms with Crippen molar-refractivity contribution in [1.29, 1.82) is 5.26 Å². The molecular weight excluding hydrogens is 439 g/mol. The highest BCUT2D eigenvalue weighted by atomic mass is 19.1. The lowest BCUT2D eigenvalue weighted by Gasteiger charge is -2.19. The Morgan fingerprint density at radius 1 is 1.26 bits per heavy atom. The number of rotatable bonds is 5. The van der Waals surface area contributed by atoms with Crippen molar-refractivity contribution in [2.75, 3.05) is 25.1 Å². The zero-order chi connectivity index (χ0) is 23.8. The number of ether oxygens (including phenoxy) is 1. The van der Waals surface area contributed by atoms with Crippen LogP contribution in [0, 0.1) is 11.3 Å². The summed E-state index contributed by atoms with van der Waals surface area (Å²) in [5.74, 6) is -0.438. The summed E-state index contributed by atoms with van der Waals surface area (Å²) < 4.78 is 25.2. The van der Waals surface area contributed by atoms with E-state index in [0.29, 0.717) is 52.4 Å². The van der Waals surface area contributed by atoms with E-state index in [1.165, 1.54) is 19.4 Å². The number of pyridine rings is 2. The summed E-state index contributed by atoms with van der Waals surface area (Å²) in [5.41, 5.74) is 4.09. The number of aromatic carboxylic acids is 1. The van der Waals surface area contributed by atoms with E-state index in [2.05, 4.69) is 16.0 Å². The normalized spacial score (nSPS) is 15.4. The predicted molar refractivity (Wildman–Crippen MR) is 123 cm³/mol. The number of nitriles is 1. The Balaban J connectivity index is 1.58. The van der Waals surface area contributed by atoms with E-state index >= 15 is 0 Å². The minimum atomic E-state index is -1.16. The lowest BCUT2D eigenvalue weighted by Crippen LogP contribution is -2.20. The monoisotopic (exact) mass is 458 g/mol. The number of aromatic nitrogens is 2. The smallest absolute Gasteiger partial charge is 0.354 e. The maximum Gasteiger partial charge on any atom is 0.354 e. The molecule has 0 bridgehead atoms. The van der Waals surface area contributed by atoms with Gasteiger partial charge in [0.15, 0.2) is 11.3 Å². The molecule has 4 aromatic rings. The first kappa shape index (κ1) is 21.4. The van der Waals surface area contributed by atoms with Gasteiger partial charge in [-0.15, -0.1) is 0 Å². The Bertz CT molecular complexity index is 1460. The molecule has 1 fully saturated rings. The van der Waals surface area contributed by atoms with Crippen LogP contribution >= 0.6 is 0 Å². The van der Waals surface area contributed by atoms with Gasteiger partial charge in [-0.1, -0.05) is 6.07 Å². The number of furan rings is 1. The van der Waals surface area contributed by atoms with E-state index in [1.54, 1.807) is 24.4 Å². The number of halogens is 1. The molecular formula is C25H19FN4O4. The number of carbonyl (C=O) groups is 1. The largest absolute Gasteiger partial charge is 0.496 e. The van der Waals surface area contributed by atoms with Gasteiger partial charge in [0.25, 0.3) is 0 Å². The second-order valence-corrected chi connectivity index (χ2v) is 7.93. The molecule has 0 spiro atoms. The van der Waals surface area contributed by atoms with Crippen LogP contribution in [0.2, 0.25) is 0 Å². The van der Waals surface area contributed by atoms with Crippen LogP contribution in [-0.4, -0.2) is 47.4 Å². The van der Waals surface area contributed by atoms with Crippen molar-refractivity contribution in [3.8, 4) is 34.3 Å². The number of hydrogen-bond donors (Lipinski definition) is 1. The van der Waals surface area contributed by atoms with Gasteiger partial charge in [-0.3, -0.25) is 4.98 Å². The van der Waals surface area contributed by atoms with Gasteiger partial charge in [0, 0.05) is 43.2 Å². The summed E-state index contributed by atoms with van der Waals surface area (Å²) in [6.45, 7) is 0.860.